The number of amides is 1. The summed E-state index contributed by atoms with van der Waals surface area (Å²) in [4.78, 5) is 21.0. The summed E-state index contributed by atoms with van der Waals surface area (Å²) < 4.78 is 13.6. The van der Waals surface area contributed by atoms with Crippen LogP contribution in [-0.2, 0) is 0 Å². The molecule has 3 aromatic rings. The van der Waals surface area contributed by atoms with Crippen molar-refractivity contribution in [1.82, 2.24) is 15.2 Å². The Kier molecular flexibility index (Phi) is 5.58. The molecule has 6 heteroatoms. The number of halogens is 1. The number of pyridine rings is 1. The highest BCUT2D eigenvalue weighted by Gasteiger charge is 2.20. The lowest BCUT2D eigenvalue weighted by Gasteiger charge is -2.25. The van der Waals surface area contributed by atoms with Crippen LogP contribution in [0.1, 0.15) is 38.1 Å². The van der Waals surface area contributed by atoms with Gasteiger partial charge in [-0.05, 0) is 69.8 Å². The highest BCUT2D eigenvalue weighted by Crippen LogP contribution is 2.32. The first kappa shape index (κ1) is 19.5. The van der Waals surface area contributed by atoms with Gasteiger partial charge < -0.3 is 10.2 Å². The Labute approximate surface area is 163 Å². The van der Waals surface area contributed by atoms with Crippen molar-refractivity contribution >= 4 is 27.5 Å². The van der Waals surface area contributed by atoms with Crippen LogP contribution in [0.2, 0.25) is 0 Å². The quantitative estimate of drug-likeness (QED) is 0.708. The monoisotopic (exact) mass is 385 g/mol. The van der Waals surface area contributed by atoms with E-state index in [-0.39, 0.29) is 17.8 Å². The molecule has 0 spiro atoms. The molecule has 1 atom stereocenters. The zero-order valence-corrected chi connectivity index (χ0v) is 17.1. The number of carbonyl (C=O) groups excluding carboxylic acids is 1. The fourth-order valence-electron chi connectivity index (χ4n) is 3.42. The maximum absolute atomic E-state index is 13.6. The number of thiophene rings is 1. The van der Waals surface area contributed by atoms with Gasteiger partial charge >= 0.3 is 0 Å². The zero-order chi connectivity index (χ0) is 19.7. The molecule has 0 aliphatic heterocycles. The Morgan fingerprint density at radius 1 is 1.26 bits per heavy atom. The van der Waals surface area contributed by atoms with E-state index < -0.39 is 0 Å². The Balaban J connectivity index is 1.83. The fourth-order valence-corrected chi connectivity index (χ4v) is 4.64. The molecule has 1 aromatic carbocycles. The van der Waals surface area contributed by atoms with E-state index in [1.54, 1.807) is 6.07 Å². The minimum atomic E-state index is -0.275. The normalized spacial score (nSPS) is 12.6. The van der Waals surface area contributed by atoms with Crippen molar-refractivity contribution in [2.75, 3.05) is 20.6 Å². The molecule has 0 saturated carbocycles. The van der Waals surface area contributed by atoms with Crippen molar-refractivity contribution in [3.63, 3.8) is 0 Å². The van der Waals surface area contributed by atoms with E-state index >= 15 is 0 Å². The third-order valence-electron chi connectivity index (χ3n) is 4.74. The lowest BCUT2D eigenvalue weighted by molar-refractivity contribution is 0.0945. The molecule has 2 heterocycles. The van der Waals surface area contributed by atoms with Crippen LogP contribution in [0.25, 0.3) is 10.2 Å². The molecule has 142 valence electrons. The molecule has 0 bridgehead atoms. The van der Waals surface area contributed by atoms with E-state index in [2.05, 4.69) is 10.3 Å². The molecule has 0 saturated heterocycles. The molecule has 1 N–H and O–H groups in total. The first-order valence-corrected chi connectivity index (χ1v) is 9.67. The van der Waals surface area contributed by atoms with E-state index in [4.69, 9.17) is 0 Å². The van der Waals surface area contributed by atoms with Crippen LogP contribution in [0.3, 0.4) is 0 Å². The summed E-state index contributed by atoms with van der Waals surface area (Å²) >= 11 is 1.42. The molecule has 4 nitrogen and oxygen atoms in total. The number of rotatable bonds is 5. The van der Waals surface area contributed by atoms with E-state index in [1.807, 2.05) is 51.9 Å². The number of hydrogen-bond acceptors (Lipinski definition) is 4. The van der Waals surface area contributed by atoms with Crippen LogP contribution >= 0.6 is 11.3 Å². The molecule has 27 heavy (non-hydrogen) atoms. The molecule has 0 fully saturated rings. The summed E-state index contributed by atoms with van der Waals surface area (Å²) in [6.45, 7) is 6.37. The lowest BCUT2D eigenvalue weighted by atomic mass is 10.1. The zero-order valence-electron chi connectivity index (χ0n) is 16.3. The predicted octanol–water partition coefficient (Wildman–Crippen LogP) is 4.39. The van der Waals surface area contributed by atoms with Crippen molar-refractivity contribution in [2.45, 2.75) is 26.8 Å². The van der Waals surface area contributed by atoms with E-state index in [0.717, 1.165) is 32.6 Å². The number of likely N-dealkylation sites (N-methyl/N-ethyl adjacent to an activating group) is 1. The Morgan fingerprint density at radius 2 is 2.00 bits per heavy atom. The van der Waals surface area contributed by atoms with Gasteiger partial charge in [-0.3, -0.25) is 4.79 Å². The predicted molar refractivity (Wildman–Crippen MR) is 109 cm³/mol. The second-order valence-electron chi connectivity index (χ2n) is 7.06. The number of hydrogen-bond donors (Lipinski definition) is 1. The van der Waals surface area contributed by atoms with E-state index in [1.165, 1.54) is 23.5 Å². The van der Waals surface area contributed by atoms with Gasteiger partial charge in [-0.25, -0.2) is 9.37 Å². The molecule has 3 rings (SSSR count). The van der Waals surface area contributed by atoms with Crippen molar-refractivity contribution in [1.29, 1.82) is 0 Å². The highest BCUT2D eigenvalue weighted by molar-refractivity contribution is 7.20. The average molecular weight is 386 g/mol. The maximum atomic E-state index is 13.6. The third kappa shape index (κ3) is 4.01. The number of nitrogens with one attached hydrogen (secondary N) is 1. The smallest absolute Gasteiger partial charge is 0.261 e. The number of aryl methyl sites for hydroxylation is 3. The van der Waals surface area contributed by atoms with Gasteiger partial charge in [-0.1, -0.05) is 12.1 Å². The van der Waals surface area contributed by atoms with Crippen molar-refractivity contribution in [3.05, 3.63) is 63.4 Å². The number of aromatic nitrogens is 1. The molecule has 1 amide bonds. The van der Waals surface area contributed by atoms with Crippen molar-refractivity contribution in [2.24, 2.45) is 0 Å². The first-order valence-electron chi connectivity index (χ1n) is 8.85. The van der Waals surface area contributed by atoms with Crippen LogP contribution in [0.15, 0.2) is 30.3 Å². The largest absolute Gasteiger partial charge is 0.349 e. The minimum absolute atomic E-state index is 0.110. The van der Waals surface area contributed by atoms with Crippen LogP contribution in [-0.4, -0.2) is 36.4 Å². The number of nitrogens with zero attached hydrogens (tertiary/aromatic N) is 2. The SMILES string of the molecule is Cc1cc(C)c2c(C)c(C(=O)NC[C@@H](c3cccc(F)c3)N(C)C)sc2n1. The van der Waals surface area contributed by atoms with Gasteiger partial charge in [0.15, 0.2) is 0 Å². The van der Waals surface area contributed by atoms with Gasteiger partial charge in [-0.2, -0.15) is 0 Å². The topological polar surface area (TPSA) is 45.2 Å². The maximum Gasteiger partial charge on any atom is 0.261 e. The molecular weight excluding hydrogens is 361 g/mol. The van der Waals surface area contributed by atoms with E-state index in [0.29, 0.717) is 11.4 Å². The van der Waals surface area contributed by atoms with Gasteiger partial charge in [0.2, 0.25) is 0 Å². The standard InChI is InChI=1S/C21H24FN3OS/c1-12-9-13(2)24-21-18(12)14(3)19(27-21)20(26)23-11-17(25(4)5)15-7-6-8-16(22)10-15/h6-10,17H,11H2,1-5H3,(H,23,26)/t17-/m0/s1. The fraction of sp³-hybridized carbons (Fsp3) is 0.333. The summed E-state index contributed by atoms with van der Waals surface area (Å²) in [5.74, 6) is -0.390. The number of fused-ring (bicyclic) bond motifs is 1. The molecule has 0 unspecified atom stereocenters. The van der Waals surface area contributed by atoms with E-state index in [9.17, 15) is 9.18 Å². The van der Waals surface area contributed by atoms with Gasteiger partial charge in [0, 0.05) is 17.6 Å². The molecule has 0 radical (unpaired) electrons. The second kappa shape index (κ2) is 7.74. The highest BCUT2D eigenvalue weighted by atomic mass is 32.1. The Morgan fingerprint density at radius 3 is 2.67 bits per heavy atom. The molecule has 0 aliphatic carbocycles. The van der Waals surface area contributed by atoms with Crippen LogP contribution in [0, 0.1) is 26.6 Å². The van der Waals surface area contributed by atoms with Crippen LogP contribution < -0.4 is 5.32 Å². The second-order valence-corrected chi connectivity index (χ2v) is 8.06. The molecule has 0 aliphatic rings. The molecular formula is C21H24FN3OS. The number of carbonyl (C=O) groups is 1. The van der Waals surface area contributed by atoms with Crippen LogP contribution in [0.5, 0.6) is 0 Å². The Bertz CT molecular complexity index is 997. The van der Waals surface area contributed by atoms with Crippen molar-refractivity contribution in [3.8, 4) is 0 Å². The number of benzene rings is 1. The Hall–Kier alpha value is -2.31. The van der Waals surface area contributed by atoms with Gasteiger partial charge in [-0.15, -0.1) is 11.3 Å². The minimum Gasteiger partial charge on any atom is -0.349 e. The van der Waals surface area contributed by atoms with Crippen molar-refractivity contribution < 1.29 is 9.18 Å². The third-order valence-corrected chi connectivity index (χ3v) is 5.93. The summed E-state index contributed by atoms with van der Waals surface area (Å²) in [5, 5.41) is 4.07. The average Bonchev–Trinajstić information content (AvgIpc) is 2.91. The summed E-state index contributed by atoms with van der Waals surface area (Å²) in [5.41, 5.74) is 3.88. The summed E-state index contributed by atoms with van der Waals surface area (Å²) in [6, 6.07) is 8.43. The first-order chi connectivity index (χ1) is 12.8. The van der Waals surface area contributed by atoms with Gasteiger partial charge in [0.1, 0.15) is 10.6 Å². The summed E-state index contributed by atoms with van der Waals surface area (Å²) in [7, 11) is 3.84. The van der Waals surface area contributed by atoms with Gasteiger partial charge in [0.05, 0.1) is 10.9 Å². The van der Waals surface area contributed by atoms with Gasteiger partial charge in [0.25, 0.3) is 5.91 Å². The molecule has 2 aromatic heterocycles. The summed E-state index contributed by atoms with van der Waals surface area (Å²) in [6.07, 6.45) is 0. The van der Waals surface area contributed by atoms with Crippen LogP contribution in [0.4, 0.5) is 4.39 Å². The lowest BCUT2D eigenvalue weighted by Crippen LogP contribution is -2.34.